The number of azo groups is 1. The van der Waals surface area contributed by atoms with E-state index in [1.807, 2.05) is 37.3 Å². The van der Waals surface area contributed by atoms with E-state index in [4.69, 9.17) is 4.84 Å². The van der Waals surface area contributed by atoms with Crippen molar-refractivity contribution in [1.82, 2.24) is 15.2 Å². The molecule has 0 fully saturated rings. The monoisotopic (exact) mass is 327 g/mol. The summed E-state index contributed by atoms with van der Waals surface area (Å²) in [6, 6.07) is 15.0. The van der Waals surface area contributed by atoms with E-state index in [0.29, 0.717) is 11.0 Å². The highest BCUT2D eigenvalue weighted by Crippen LogP contribution is 2.16. The Morgan fingerprint density at radius 1 is 1.12 bits per heavy atom. The number of aryl methyl sites for hydroxylation is 1. The SMILES string of the molecule is CN=Nc1ccccc1C.COC(=O)On1nnc2ccccc21. The molecule has 0 unspecified atom stereocenters. The Labute approximate surface area is 138 Å². The van der Waals surface area contributed by atoms with Crippen LogP contribution in [0.3, 0.4) is 0 Å². The summed E-state index contributed by atoms with van der Waals surface area (Å²) in [6.45, 7) is 2.02. The lowest BCUT2D eigenvalue weighted by atomic mass is 10.2. The normalized spacial score (nSPS) is 10.3. The van der Waals surface area contributed by atoms with Crippen molar-refractivity contribution in [2.75, 3.05) is 14.2 Å². The molecule has 0 aliphatic carbocycles. The van der Waals surface area contributed by atoms with Gasteiger partial charge in [-0.25, -0.2) is 4.79 Å². The number of hydrogen-bond acceptors (Lipinski definition) is 7. The molecule has 8 nitrogen and oxygen atoms in total. The second-order valence-electron chi connectivity index (χ2n) is 4.58. The van der Waals surface area contributed by atoms with Crippen LogP contribution in [0.15, 0.2) is 58.8 Å². The molecule has 0 saturated carbocycles. The molecule has 0 aliphatic heterocycles. The van der Waals surface area contributed by atoms with Gasteiger partial charge in [0.1, 0.15) is 11.0 Å². The minimum absolute atomic E-state index is 0.609. The van der Waals surface area contributed by atoms with Crippen LogP contribution in [0, 0.1) is 6.92 Å². The lowest BCUT2D eigenvalue weighted by Crippen LogP contribution is -2.20. The number of nitrogens with zero attached hydrogens (tertiary/aromatic N) is 5. The average molecular weight is 327 g/mol. The first-order chi connectivity index (χ1) is 11.7. The van der Waals surface area contributed by atoms with Crippen LogP contribution in [0.2, 0.25) is 0 Å². The highest BCUT2D eigenvalue weighted by atomic mass is 16.8. The van der Waals surface area contributed by atoms with Crippen LogP contribution in [0.25, 0.3) is 11.0 Å². The van der Waals surface area contributed by atoms with Crippen molar-refractivity contribution in [3.8, 4) is 0 Å². The van der Waals surface area contributed by atoms with E-state index >= 15 is 0 Å². The van der Waals surface area contributed by atoms with Crippen molar-refractivity contribution >= 4 is 22.9 Å². The third-order valence-electron chi connectivity index (χ3n) is 2.97. The van der Waals surface area contributed by atoms with E-state index in [1.54, 1.807) is 25.2 Å². The zero-order chi connectivity index (χ0) is 17.4. The summed E-state index contributed by atoms with van der Waals surface area (Å²) in [5.74, 6) is 0. The van der Waals surface area contributed by atoms with Gasteiger partial charge in [0.15, 0.2) is 0 Å². The number of carbonyl (C=O) groups is 1. The molecule has 0 bridgehead atoms. The first-order valence-electron chi connectivity index (χ1n) is 7.08. The van der Waals surface area contributed by atoms with Gasteiger partial charge in [0, 0.05) is 7.05 Å². The predicted molar refractivity (Wildman–Crippen MR) is 88.1 cm³/mol. The number of benzene rings is 2. The summed E-state index contributed by atoms with van der Waals surface area (Å²) < 4.78 is 4.32. The molecule has 0 aliphatic rings. The van der Waals surface area contributed by atoms with Gasteiger partial charge in [-0.15, -0.1) is 5.10 Å². The van der Waals surface area contributed by atoms with Gasteiger partial charge in [-0.05, 0) is 35.9 Å². The molecule has 24 heavy (non-hydrogen) atoms. The molecular formula is C16H17N5O3. The number of rotatable bonds is 2. The standard InChI is InChI=1S/C8H7N3O3.C8H10N2/c1-13-8(12)14-11-7-5-3-2-4-6(7)9-10-11;1-7-5-3-4-6-8(7)10-9-2/h2-5H,1H3;3-6H,1-2H3. The van der Waals surface area contributed by atoms with Gasteiger partial charge in [0.2, 0.25) is 0 Å². The van der Waals surface area contributed by atoms with Crippen LogP contribution in [0.4, 0.5) is 10.5 Å². The molecule has 8 heteroatoms. The molecule has 0 spiro atoms. The van der Waals surface area contributed by atoms with E-state index < -0.39 is 6.16 Å². The Morgan fingerprint density at radius 3 is 2.54 bits per heavy atom. The van der Waals surface area contributed by atoms with Crippen LogP contribution in [-0.2, 0) is 4.74 Å². The molecule has 3 aromatic rings. The zero-order valence-electron chi connectivity index (χ0n) is 13.6. The number of aromatic nitrogens is 3. The van der Waals surface area contributed by atoms with Crippen molar-refractivity contribution in [2.45, 2.75) is 6.92 Å². The lowest BCUT2D eigenvalue weighted by Gasteiger charge is -1.99. The van der Waals surface area contributed by atoms with Gasteiger partial charge in [-0.3, -0.25) is 4.84 Å². The molecule has 0 saturated heterocycles. The number of para-hydroxylation sites is 1. The second-order valence-corrected chi connectivity index (χ2v) is 4.58. The van der Waals surface area contributed by atoms with E-state index in [1.165, 1.54) is 7.11 Å². The molecule has 0 atom stereocenters. The summed E-state index contributed by atoms with van der Waals surface area (Å²) in [6.07, 6.45) is -0.833. The van der Waals surface area contributed by atoms with E-state index in [0.717, 1.165) is 16.1 Å². The fraction of sp³-hybridized carbons (Fsp3) is 0.188. The maximum absolute atomic E-state index is 10.8. The zero-order valence-corrected chi connectivity index (χ0v) is 13.6. The second kappa shape index (κ2) is 8.37. The Morgan fingerprint density at radius 2 is 1.83 bits per heavy atom. The minimum atomic E-state index is -0.833. The smallest absolute Gasteiger partial charge is 0.436 e. The maximum atomic E-state index is 10.8. The highest BCUT2D eigenvalue weighted by Gasteiger charge is 2.08. The lowest BCUT2D eigenvalue weighted by molar-refractivity contribution is 0.0545. The van der Waals surface area contributed by atoms with Crippen molar-refractivity contribution < 1.29 is 14.4 Å². The third kappa shape index (κ3) is 4.35. The molecule has 0 radical (unpaired) electrons. The van der Waals surface area contributed by atoms with Crippen LogP contribution in [0.1, 0.15) is 5.56 Å². The Kier molecular flexibility index (Phi) is 5.95. The van der Waals surface area contributed by atoms with Crippen molar-refractivity contribution in [3.05, 3.63) is 54.1 Å². The topological polar surface area (TPSA) is 91.0 Å². The number of ether oxygens (including phenoxy) is 1. The van der Waals surface area contributed by atoms with E-state index in [-0.39, 0.29) is 0 Å². The molecular weight excluding hydrogens is 310 g/mol. The van der Waals surface area contributed by atoms with Gasteiger partial charge in [-0.1, -0.05) is 35.2 Å². The molecule has 0 N–H and O–H groups in total. The largest absolute Gasteiger partial charge is 0.534 e. The molecule has 3 rings (SSSR count). The Bertz CT molecular complexity index is 844. The molecule has 0 amide bonds. The Hall–Kier alpha value is -3.29. The first kappa shape index (κ1) is 17.1. The minimum Gasteiger partial charge on any atom is -0.436 e. The fourth-order valence-corrected chi connectivity index (χ4v) is 1.81. The number of carbonyl (C=O) groups excluding carboxylic acids is 1. The van der Waals surface area contributed by atoms with Crippen LogP contribution >= 0.6 is 0 Å². The van der Waals surface area contributed by atoms with Crippen molar-refractivity contribution in [3.63, 3.8) is 0 Å². The first-order valence-corrected chi connectivity index (χ1v) is 7.08. The maximum Gasteiger partial charge on any atom is 0.534 e. The summed E-state index contributed by atoms with van der Waals surface area (Å²) in [4.78, 5) is 16.5. The molecule has 124 valence electrons. The van der Waals surface area contributed by atoms with Gasteiger partial charge < -0.3 is 4.74 Å². The van der Waals surface area contributed by atoms with Crippen LogP contribution in [-0.4, -0.2) is 35.5 Å². The van der Waals surface area contributed by atoms with Crippen LogP contribution < -0.4 is 4.84 Å². The van der Waals surface area contributed by atoms with Crippen molar-refractivity contribution in [1.29, 1.82) is 0 Å². The van der Waals surface area contributed by atoms with Gasteiger partial charge in [0.25, 0.3) is 0 Å². The summed E-state index contributed by atoms with van der Waals surface area (Å²) in [5.41, 5.74) is 3.37. The average Bonchev–Trinajstić information content (AvgIpc) is 3.01. The van der Waals surface area contributed by atoms with Crippen molar-refractivity contribution in [2.24, 2.45) is 10.2 Å². The number of fused-ring (bicyclic) bond motifs is 1. The van der Waals surface area contributed by atoms with E-state index in [9.17, 15) is 4.79 Å². The van der Waals surface area contributed by atoms with Gasteiger partial charge in [0.05, 0.1) is 12.8 Å². The summed E-state index contributed by atoms with van der Waals surface area (Å²) >= 11 is 0. The molecule has 2 aromatic carbocycles. The third-order valence-corrected chi connectivity index (χ3v) is 2.97. The molecule has 1 heterocycles. The number of hydrogen-bond donors (Lipinski definition) is 0. The number of methoxy groups -OCH3 is 1. The Balaban J connectivity index is 0.000000185. The van der Waals surface area contributed by atoms with Gasteiger partial charge in [-0.2, -0.15) is 10.2 Å². The van der Waals surface area contributed by atoms with E-state index in [2.05, 4.69) is 25.3 Å². The quantitative estimate of drug-likeness (QED) is 0.409. The highest BCUT2D eigenvalue weighted by molar-refractivity contribution is 5.74. The summed E-state index contributed by atoms with van der Waals surface area (Å²) in [5, 5.41) is 15.0. The fourth-order valence-electron chi connectivity index (χ4n) is 1.81. The van der Waals surface area contributed by atoms with Gasteiger partial charge >= 0.3 is 6.16 Å². The molecule has 1 aromatic heterocycles. The summed E-state index contributed by atoms with van der Waals surface area (Å²) in [7, 11) is 2.90. The predicted octanol–water partition coefficient (Wildman–Crippen LogP) is 3.33. The van der Waals surface area contributed by atoms with Crippen LogP contribution in [0.5, 0.6) is 0 Å².